The van der Waals surface area contributed by atoms with Gasteiger partial charge in [0.2, 0.25) is 11.8 Å². The van der Waals surface area contributed by atoms with Crippen LogP contribution in [0.15, 0.2) is 23.0 Å². The Morgan fingerprint density at radius 2 is 2.07 bits per heavy atom. The molecule has 1 saturated heterocycles. The molecule has 0 unspecified atom stereocenters. The van der Waals surface area contributed by atoms with Gasteiger partial charge in [-0.25, -0.2) is 0 Å². The van der Waals surface area contributed by atoms with Crippen LogP contribution >= 0.6 is 0 Å². The molecule has 0 bridgehead atoms. The third-order valence-corrected chi connectivity index (χ3v) is 6.72. The fourth-order valence-electron chi connectivity index (χ4n) is 5.12. The third-order valence-electron chi connectivity index (χ3n) is 6.72. The van der Waals surface area contributed by atoms with Crippen molar-refractivity contribution in [2.24, 2.45) is 17.8 Å². The second-order valence-corrected chi connectivity index (χ2v) is 8.77. The van der Waals surface area contributed by atoms with Gasteiger partial charge in [-0.15, -0.1) is 0 Å². The van der Waals surface area contributed by atoms with Crippen LogP contribution in [0.5, 0.6) is 0 Å². The van der Waals surface area contributed by atoms with Crippen molar-refractivity contribution in [2.75, 3.05) is 13.2 Å². The molecule has 0 radical (unpaired) electrons. The molecule has 7 heteroatoms. The first-order chi connectivity index (χ1) is 14.5. The van der Waals surface area contributed by atoms with Crippen LogP contribution in [0.25, 0.3) is 6.08 Å². The molecule has 1 saturated carbocycles. The molecule has 3 heterocycles. The van der Waals surface area contributed by atoms with E-state index in [1.54, 1.807) is 21.6 Å². The summed E-state index contributed by atoms with van der Waals surface area (Å²) in [6, 6.07) is 2.65. The Hall–Kier alpha value is -2.41. The van der Waals surface area contributed by atoms with Crippen molar-refractivity contribution in [1.82, 2.24) is 14.8 Å². The smallest absolute Gasteiger partial charge is 0.258 e. The monoisotopic (exact) mass is 413 g/mol. The van der Waals surface area contributed by atoms with Crippen LogP contribution in [-0.2, 0) is 16.1 Å². The second-order valence-electron chi connectivity index (χ2n) is 8.77. The number of carbonyl (C=O) groups is 2. The van der Waals surface area contributed by atoms with E-state index in [4.69, 9.17) is 0 Å². The Kier molecular flexibility index (Phi) is 5.82. The molecule has 1 aromatic rings. The number of nitrogens with zero attached hydrogens (tertiary/aromatic N) is 2. The molecular formula is C23H31N3O4. The Bertz CT molecular complexity index is 918. The SMILES string of the molecule is C/C=C\c1ccc2n(c1=O)C[C@H]1[C@H](CO)[C@@H](C(=O)NCCC)N(C(=O)CC3CC3)[C@@H]21. The molecule has 2 fully saturated rings. The lowest BCUT2D eigenvalue weighted by Crippen LogP contribution is -2.50. The van der Waals surface area contributed by atoms with E-state index in [2.05, 4.69) is 5.32 Å². The van der Waals surface area contributed by atoms with Gasteiger partial charge < -0.3 is 19.9 Å². The van der Waals surface area contributed by atoms with Gasteiger partial charge in [0.1, 0.15) is 6.04 Å². The zero-order valence-electron chi connectivity index (χ0n) is 17.7. The zero-order valence-corrected chi connectivity index (χ0v) is 17.7. The molecule has 0 aromatic carbocycles. The lowest BCUT2D eigenvalue weighted by molar-refractivity contribution is -0.142. The van der Waals surface area contributed by atoms with Crippen molar-refractivity contribution in [3.05, 3.63) is 39.8 Å². The summed E-state index contributed by atoms with van der Waals surface area (Å²) in [5, 5.41) is 13.1. The topological polar surface area (TPSA) is 91.6 Å². The number of carbonyl (C=O) groups excluding carboxylic acids is 2. The van der Waals surface area contributed by atoms with Gasteiger partial charge in [0.15, 0.2) is 0 Å². The number of nitrogens with one attached hydrogen (secondary N) is 1. The number of hydrogen-bond acceptors (Lipinski definition) is 4. The number of fused-ring (bicyclic) bond motifs is 3. The Morgan fingerprint density at radius 3 is 2.70 bits per heavy atom. The van der Waals surface area contributed by atoms with Crippen molar-refractivity contribution in [3.8, 4) is 0 Å². The molecular weight excluding hydrogens is 382 g/mol. The first kappa shape index (κ1) is 20.8. The molecule has 7 nitrogen and oxygen atoms in total. The van der Waals surface area contributed by atoms with Gasteiger partial charge in [0.05, 0.1) is 6.04 Å². The van der Waals surface area contributed by atoms with Crippen LogP contribution in [0.3, 0.4) is 0 Å². The highest BCUT2D eigenvalue weighted by molar-refractivity contribution is 5.89. The van der Waals surface area contributed by atoms with E-state index in [1.165, 1.54) is 0 Å². The van der Waals surface area contributed by atoms with Crippen molar-refractivity contribution >= 4 is 17.9 Å². The average molecular weight is 414 g/mol. The summed E-state index contributed by atoms with van der Waals surface area (Å²) in [4.78, 5) is 41.0. The van der Waals surface area contributed by atoms with Gasteiger partial charge in [-0.05, 0) is 44.2 Å². The normalized spacial score (nSPS) is 27.4. The number of aliphatic hydroxyl groups excluding tert-OH is 1. The quantitative estimate of drug-likeness (QED) is 0.712. The molecule has 4 atom stereocenters. The minimum absolute atomic E-state index is 0.0430. The highest BCUT2D eigenvalue weighted by Crippen LogP contribution is 2.50. The van der Waals surface area contributed by atoms with Gasteiger partial charge >= 0.3 is 0 Å². The summed E-state index contributed by atoms with van der Waals surface area (Å²) in [6.45, 7) is 4.61. The predicted octanol–water partition coefficient (Wildman–Crippen LogP) is 1.70. The van der Waals surface area contributed by atoms with E-state index in [1.807, 2.05) is 26.0 Å². The van der Waals surface area contributed by atoms with E-state index in [9.17, 15) is 19.5 Å². The fraction of sp³-hybridized carbons (Fsp3) is 0.609. The van der Waals surface area contributed by atoms with Crippen LogP contribution in [0.4, 0.5) is 0 Å². The highest BCUT2D eigenvalue weighted by atomic mass is 16.3. The minimum Gasteiger partial charge on any atom is -0.396 e. The van der Waals surface area contributed by atoms with Crippen LogP contribution < -0.4 is 10.9 Å². The van der Waals surface area contributed by atoms with E-state index in [0.29, 0.717) is 31.0 Å². The lowest BCUT2D eigenvalue weighted by Gasteiger charge is -2.31. The van der Waals surface area contributed by atoms with Gasteiger partial charge in [0, 0.05) is 49.2 Å². The standard InChI is InChI=1S/C23H31N3O4/c1-3-5-15-8-9-18-20-16(12-25(18)23(15)30)17(13-27)21(22(29)24-10-4-2)26(20)19(28)11-14-6-7-14/h3,5,8-9,14,16-17,20-21,27H,4,6-7,10-13H2,1-2H3,(H,24,29)/b5-3-/t16-,17-,20+,21-/m0/s1. The fourth-order valence-corrected chi connectivity index (χ4v) is 5.12. The maximum Gasteiger partial charge on any atom is 0.258 e. The van der Waals surface area contributed by atoms with Gasteiger partial charge in [0.25, 0.3) is 5.56 Å². The molecule has 2 N–H and O–H groups in total. The van der Waals surface area contributed by atoms with Crippen LogP contribution in [-0.4, -0.2) is 45.6 Å². The van der Waals surface area contributed by atoms with Crippen molar-refractivity contribution in [2.45, 2.75) is 58.2 Å². The summed E-state index contributed by atoms with van der Waals surface area (Å²) in [5.41, 5.74) is 1.29. The predicted molar refractivity (Wildman–Crippen MR) is 113 cm³/mol. The minimum atomic E-state index is -0.693. The number of likely N-dealkylation sites (tertiary alicyclic amines) is 1. The zero-order chi connectivity index (χ0) is 21.4. The van der Waals surface area contributed by atoms with Gasteiger partial charge in [-0.2, -0.15) is 0 Å². The average Bonchev–Trinajstić information content (AvgIpc) is 3.37. The van der Waals surface area contributed by atoms with Crippen LogP contribution in [0.2, 0.25) is 0 Å². The van der Waals surface area contributed by atoms with Crippen LogP contribution in [0, 0.1) is 17.8 Å². The number of aromatic nitrogens is 1. The van der Waals surface area contributed by atoms with E-state index in [-0.39, 0.29) is 41.9 Å². The molecule has 3 aliphatic rings. The van der Waals surface area contributed by atoms with E-state index >= 15 is 0 Å². The maximum absolute atomic E-state index is 13.3. The number of rotatable bonds is 7. The summed E-state index contributed by atoms with van der Waals surface area (Å²) in [7, 11) is 0. The first-order valence-electron chi connectivity index (χ1n) is 11.1. The van der Waals surface area contributed by atoms with Crippen molar-refractivity contribution in [1.29, 1.82) is 0 Å². The molecule has 162 valence electrons. The lowest BCUT2D eigenvalue weighted by atomic mass is 9.88. The molecule has 4 rings (SSSR count). The molecule has 2 aliphatic heterocycles. The van der Waals surface area contributed by atoms with Crippen molar-refractivity contribution < 1.29 is 14.7 Å². The molecule has 30 heavy (non-hydrogen) atoms. The van der Waals surface area contributed by atoms with Gasteiger partial charge in [-0.1, -0.05) is 19.1 Å². The Balaban J connectivity index is 1.75. The second kappa shape index (κ2) is 8.38. The maximum atomic E-state index is 13.3. The summed E-state index contributed by atoms with van der Waals surface area (Å²) < 4.78 is 1.73. The number of pyridine rings is 1. The van der Waals surface area contributed by atoms with Crippen molar-refractivity contribution in [3.63, 3.8) is 0 Å². The highest BCUT2D eigenvalue weighted by Gasteiger charge is 2.57. The number of hydrogen-bond donors (Lipinski definition) is 2. The summed E-state index contributed by atoms with van der Waals surface area (Å²) >= 11 is 0. The first-order valence-corrected chi connectivity index (χ1v) is 11.1. The van der Waals surface area contributed by atoms with E-state index in [0.717, 1.165) is 25.0 Å². The molecule has 2 amide bonds. The number of amides is 2. The summed E-state index contributed by atoms with van der Waals surface area (Å²) in [5.74, 6) is -0.389. The molecule has 1 aromatic heterocycles. The molecule has 0 spiro atoms. The molecule has 1 aliphatic carbocycles. The Labute approximate surface area is 176 Å². The van der Waals surface area contributed by atoms with E-state index < -0.39 is 6.04 Å². The number of aliphatic hydroxyl groups is 1. The third kappa shape index (κ3) is 3.49. The van der Waals surface area contributed by atoms with Gasteiger partial charge in [-0.3, -0.25) is 14.4 Å². The summed E-state index contributed by atoms with van der Waals surface area (Å²) in [6.07, 6.45) is 6.94. The number of allylic oxidation sites excluding steroid dienone is 1. The Morgan fingerprint density at radius 1 is 1.30 bits per heavy atom. The largest absolute Gasteiger partial charge is 0.396 e. The van der Waals surface area contributed by atoms with Crippen LogP contribution in [0.1, 0.15) is 56.8 Å².